The van der Waals surface area contributed by atoms with Gasteiger partial charge in [0.15, 0.2) is 5.76 Å². The summed E-state index contributed by atoms with van der Waals surface area (Å²) in [4.78, 5) is 24.8. The van der Waals surface area contributed by atoms with Crippen LogP contribution in [0.2, 0.25) is 0 Å². The molecule has 0 saturated carbocycles. The Morgan fingerprint density at radius 2 is 2.42 bits per heavy atom. The van der Waals surface area contributed by atoms with Gasteiger partial charge < -0.3 is 20.5 Å². The summed E-state index contributed by atoms with van der Waals surface area (Å²) in [5, 5.41) is 6.33. The molecule has 19 heavy (non-hydrogen) atoms. The van der Waals surface area contributed by atoms with Crippen LogP contribution in [0.3, 0.4) is 0 Å². The molecule has 1 aliphatic rings. The van der Waals surface area contributed by atoms with E-state index in [1.165, 1.54) is 0 Å². The number of amides is 2. The molecule has 1 fully saturated rings. The van der Waals surface area contributed by atoms with Crippen LogP contribution >= 0.6 is 0 Å². The lowest BCUT2D eigenvalue weighted by atomic mass is 10.1. The van der Waals surface area contributed by atoms with E-state index in [9.17, 15) is 9.59 Å². The number of hydrogen-bond donors (Lipinski definition) is 2. The van der Waals surface area contributed by atoms with Crippen molar-refractivity contribution in [3.8, 4) is 0 Å². The molecule has 3 N–H and O–H groups in total. The summed E-state index contributed by atoms with van der Waals surface area (Å²) in [5.74, 6) is 0.242. The Labute approximate surface area is 111 Å². The highest BCUT2D eigenvalue weighted by Crippen LogP contribution is 2.32. The minimum atomic E-state index is -0.334. The molecule has 0 bridgehead atoms. The van der Waals surface area contributed by atoms with Crippen LogP contribution in [0.5, 0.6) is 0 Å². The minimum absolute atomic E-state index is 0.0281. The van der Waals surface area contributed by atoms with Gasteiger partial charge in [-0.1, -0.05) is 5.16 Å². The van der Waals surface area contributed by atoms with Gasteiger partial charge in [0.05, 0.1) is 24.8 Å². The topological polar surface area (TPSA) is 101 Å². The lowest BCUT2D eigenvalue weighted by molar-refractivity contribution is -0.133. The molecule has 0 aliphatic carbocycles. The fourth-order valence-corrected chi connectivity index (χ4v) is 2.25. The van der Waals surface area contributed by atoms with Crippen molar-refractivity contribution in [1.82, 2.24) is 15.4 Å². The molecule has 2 amide bonds. The van der Waals surface area contributed by atoms with E-state index in [0.29, 0.717) is 12.3 Å². The standard InChI is InChI=1S/C12H18N4O3/c1-8-5-10(19-15-8)9-3-2-4-16(9)12(18)7-14-11(17)6-13/h5,9H,2-4,6-7,13H2,1H3,(H,14,17). The molecule has 0 spiro atoms. The average molecular weight is 266 g/mol. The van der Waals surface area contributed by atoms with E-state index in [1.54, 1.807) is 4.90 Å². The first-order valence-corrected chi connectivity index (χ1v) is 6.31. The molecule has 1 aromatic heterocycles. The van der Waals surface area contributed by atoms with Gasteiger partial charge in [-0.25, -0.2) is 0 Å². The van der Waals surface area contributed by atoms with Crippen molar-refractivity contribution in [2.75, 3.05) is 19.6 Å². The lowest BCUT2D eigenvalue weighted by Gasteiger charge is -2.22. The second-order valence-electron chi connectivity index (χ2n) is 4.60. The van der Waals surface area contributed by atoms with E-state index in [2.05, 4.69) is 10.5 Å². The molecule has 0 aromatic carbocycles. The fourth-order valence-electron chi connectivity index (χ4n) is 2.25. The summed E-state index contributed by atoms with van der Waals surface area (Å²) in [7, 11) is 0. The Morgan fingerprint density at radius 3 is 3.05 bits per heavy atom. The highest BCUT2D eigenvalue weighted by atomic mass is 16.5. The number of nitrogens with one attached hydrogen (secondary N) is 1. The van der Waals surface area contributed by atoms with Gasteiger partial charge in [-0.3, -0.25) is 9.59 Å². The first kappa shape index (κ1) is 13.5. The van der Waals surface area contributed by atoms with Crippen molar-refractivity contribution in [3.63, 3.8) is 0 Å². The van der Waals surface area contributed by atoms with Crippen LogP contribution in [0.25, 0.3) is 0 Å². The van der Waals surface area contributed by atoms with Crippen LogP contribution in [0.4, 0.5) is 0 Å². The third kappa shape index (κ3) is 3.11. The number of carbonyl (C=O) groups excluding carboxylic acids is 2. The van der Waals surface area contributed by atoms with Crippen molar-refractivity contribution in [1.29, 1.82) is 0 Å². The average Bonchev–Trinajstić information content (AvgIpc) is 3.03. The van der Waals surface area contributed by atoms with E-state index in [0.717, 1.165) is 18.5 Å². The molecular formula is C12H18N4O3. The molecule has 2 rings (SSSR count). The van der Waals surface area contributed by atoms with Gasteiger partial charge in [-0.2, -0.15) is 0 Å². The number of nitrogens with two attached hydrogens (primary N) is 1. The number of hydrogen-bond acceptors (Lipinski definition) is 5. The molecule has 7 nitrogen and oxygen atoms in total. The predicted molar refractivity (Wildman–Crippen MR) is 67.0 cm³/mol. The summed E-state index contributed by atoms with van der Waals surface area (Å²) >= 11 is 0. The number of rotatable bonds is 4. The van der Waals surface area contributed by atoms with Crippen LogP contribution in [0.1, 0.15) is 30.3 Å². The molecule has 1 aromatic rings. The van der Waals surface area contributed by atoms with Crippen molar-refractivity contribution < 1.29 is 14.1 Å². The van der Waals surface area contributed by atoms with Gasteiger partial charge in [0.2, 0.25) is 11.8 Å². The maximum Gasteiger partial charge on any atom is 0.242 e. The normalized spacial score (nSPS) is 18.6. The van der Waals surface area contributed by atoms with E-state index in [4.69, 9.17) is 10.3 Å². The highest BCUT2D eigenvalue weighted by Gasteiger charge is 2.32. The molecule has 104 valence electrons. The van der Waals surface area contributed by atoms with Crippen molar-refractivity contribution in [2.45, 2.75) is 25.8 Å². The Hall–Kier alpha value is -1.89. The maximum atomic E-state index is 12.1. The van der Waals surface area contributed by atoms with Crippen LogP contribution in [-0.2, 0) is 9.59 Å². The molecule has 0 radical (unpaired) electrons. The van der Waals surface area contributed by atoms with E-state index in [1.807, 2.05) is 13.0 Å². The number of nitrogens with zero attached hydrogens (tertiary/aromatic N) is 2. The molecule has 2 heterocycles. The minimum Gasteiger partial charge on any atom is -0.359 e. The summed E-state index contributed by atoms with van der Waals surface area (Å²) in [6.07, 6.45) is 1.77. The third-order valence-electron chi connectivity index (χ3n) is 3.17. The molecular weight excluding hydrogens is 248 g/mol. The van der Waals surface area contributed by atoms with E-state index >= 15 is 0 Å². The molecule has 1 atom stereocenters. The summed E-state index contributed by atoms with van der Waals surface area (Å²) in [6.45, 7) is 2.37. The van der Waals surface area contributed by atoms with Crippen molar-refractivity contribution in [2.24, 2.45) is 5.73 Å². The molecule has 1 aliphatic heterocycles. The van der Waals surface area contributed by atoms with Crippen molar-refractivity contribution in [3.05, 3.63) is 17.5 Å². The SMILES string of the molecule is Cc1cc(C2CCCN2C(=O)CNC(=O)CN)on1. The van der Waals surface area contributed by atoms with Crippen LogP contribution < -0.4 is 11.1 Å². The fraction of sp³-hybridized carbons (Fsp3) is 0.583. The lowest BCUT2D eigenvalue weighted by Crippen LogP contribution is -2.41. The molecule has 1 unspecified atom stereocenters. The van der Waals surface area contributed by atoms with Gasteiger partial charge in [0.25, 0.3) is 0 Å². The Morgan fingerprint density at radius 1 is 1.63 bits per heavy atom. The third-order valence-corrected chi connectivity index (χ3v) is 3.17. The van der Waals surface area contributed by atoms with Gasteiger partial charge >= 0.3 is 0 Å². The zero-order valence-electron chi connectivity index (χ0n) is 10.9. The summed E-state index contributed by atoms with van der Waals surface area (Å²) in [5.41, 5.74) is 5.97. The summed E-state index contributed by atoms with van der Waals surface area (Å²) in [6, 6.07) is 1.76. The second-order valence-corrected chi connectivity index (χ2v) is 4.60. The van der Waals surface area contributed by atoms with E-state index in [-0.39, 0.29) is 30.9 Å². The highest BCUT2D eigenvalue weighted by molar-refractivity contribution is 5.85. The first-order chi connectivity index (χ1) is 9.11. The molecule has 1 saturated heterocycles. The van der Waals surface area contributed by atoms with Crippen LogP contribution in [0.15, 0.2) is 10.6 Å². The number of aryl methyl sites for hydroxylation is 1. The van der Waals surface area contributed by atoms with Gasteiger partial charge in [-0.05, 0) is 19.8 Å². The number of carbonyl (C=O) groups is 2. The quantitative estimate of drug-likeness (QED) is 0.780. The zero-order chi connectivity index (χ0) is 13.8. The van der Waals surface area contributed by atoms with Crippen LogP contribution in [0, 0.1) is 6.92 Å². The Kier molecular flexibility index (Phi) is 4.16. The maximum absolute atomic E-state index is 12.1. The van der Waals surface area contributed by atoms with E-state index < -0.39 is 0 Å². The number of likely N-dealkylation sites (tertiary alicyclic amines) is 1. The second kappa shape index (κ2) is 5.83. The Bertz CT molecular complexity index is 471. The first-order valence-electron chi connectivity index (χ1n) is 6.31. The number of aromatic nitrogens is 1. The van der Waals surface area contributed by atoms with Crippen LogP contribution in [-0.4, -0.2) is 41.5 Å². The zero-order valence-corrected chi connectivity index (χ0v) is 10.9. The predicted octanol–water partition coefficient (Wildman–Crippen LogP) is -0.279. The molecule has 7 heteroatoms. The van der Waals surface area contributed by atoms with Gasteiger partial charge in [0.1, 0.15) is 0 Å². The smallest absolute Gasteiger partial charge is 0.242 e. The van der Waals surface area contributed by atoms with Gasteiger partial charge in [0, 0.05) is 12.6 Å². The van der Waals surface area contributed by atoms with Crippen molar-refractivity contribution >= 4 is 11.8 Å². The monoisotopic (exact) mass is 266 g/mol. The largest absolute Gasteiger partial charge is 0.359 e. The Balaban J connectivity index is 1.98. The summed E-state index contributed by atoms with van der Waals surface area (Å²) < 4.78 is 5.22. The van der Waals surface area contributed by atoms with Gasteiger partial charge in [-0.15, -0.1) is 0 Å².